The van der Waals surface area contributed by atoms with E-state index >= 15 is 0 Å². The van der Waals surface area contributed by atoms with E-state index in [-0.39, 0.29) is 5.54 Å². The highest BCUT2D eigenvalue weighted by atomic mass is 32.3. The summed E-state index contributed by atoms with van der Waals surface area (Å²) in [6.07, 6.45) is 1.41. The lowest BCUT2D eigenvalue weighted by Gasteiger charge is -2.57. The molecule has 18 heavy (non-hydrogen) atoms. The second-order valence-electron chi connectivity index (χ2n) is 7.05. The fourth-order valence-electron chi connectivity index (χ4n) is 3.45. The molecule has 0 spiro atoms. The largest absolute Gasteiger partial charge is 0.275 e. The minimum atomic E-state index is -0.662. The number of hydrogen-bond acceptors (Lipinski definition) is 1. The van der Waals surface area contributed by atoms with Crippen molar-refractivity contribution >= 4 is 10.2 Å². The third-order valence-corrected chi connectivity index (χ3v) is 9.17. The van der Waals surface area contributed by atoms with Crippen LogP contribution in [-0.2, 0) is 0 Å². The van der Waals surface area contributed by atoms with Crippen LogP contribution in [-0.4, -0.2) is 22.3 Å². The Hall–Kier alpha value is -0.210. The van der Waals surface area contributed by atoms with Gasteiger partial charge in [0.05, 0.1) is 0 Å². The van der Waals surface area contributed by atoms with Crippen molar-refractivity contribution in [3.05, 3.63) is 22.3 Å². The van der Waals surface area contributed by atoms with Crippen LogP contribution < -0.4 is 4.72 Å². The van der Waals surface area contributed by atoms with Gasteiger partial charge in [0.2, 0.25) is 0 Å². The van der Waals surface area contributed by atoms with Gasteiger partial charge in [0.1, 0.15) is 0 Å². The van der Waals surface area contributed by atoms with Crippen molar-refractivity contribution in [3.8, 4) is 0 Å². The molecule has 2 rings (SSSR count). The van der Waals surface area contributed by atoms with Crippen molar-refractivity contribution in [2.75, 3.05) is 11.5 Å². The lowest BCUT2D eigenvalue weighted by molar-refractivity contribution is 0.523. The standard InChI is InChI=1S/C16H29NS/c1-11-12(2)14(4)15(13(11)3)18(9-8-10-18)17-16(5,6)7/h15,17H,8-10H2,1-7H3. The van der Waals surface area contributed by atoms with E-state index in [0.29, 0.717) is 5.25 Å². The monoisotopic (exact) mass is 267 g/mol. The molecule has 0 aromatic carbocycles. The Bertz CT molecular complexity index is 395. The molecule has 0 unspecified atom stereocenters. The van der Waals surface area contributed by atoms with Gasteiger partial charge in [-0.25, -0.2) is 0 Å². The molecule has 104 valence electrons. The fraction of sp³-hybridized carbons (Fsp3) is 0.750. The summed E-state index contributed by atoms with van der Waals surface area (Å²) in [5.74, 6) is 2.81. The predicted octanol–water partition coefficient (Wildman–Crippen LogP) is 4.55. The van der Waals surface area contributed by atoms with Gasteiger partial charge in [-0.2, -0.15) is 10.2 Å². The quantitative estimate of drug-likeness (QED) is 0.774. The van der Waals surface area contributed by atoms with Crippen LogP contribution in [0.3, 0.4) is 0 Å². The molecule has 2 heteroatoms. The van der Waals surface area contributed by atoms with E-state index in [1.54, 1.807) is 22.3 Å². The van der Waals surface area contributed by atoms with Crippen LogP contribution in [0.25, 0.3) is 0 Å². The molecule has 1 nitrogen and oxygen atoms in total. The molecule has 1 N–H and O–H groups in total. The molecule has 0 aromatic heterocycles. The summed E-state index contributed by atoms with van der Waals surface area (Å²) in [6.45, 7) is 16.3. The molecular weight excluding hydrogens is 238 g/mol. The summed E-state index contributed by atoms with van der Waals surface area (Å²) in [7, 11) is -0.662. The van der Waals surface area contributed by atoms with Gasteiger partial charge in [-0.1, -0.05) is 11.1 Å². The van der Waals surface area contributed by atoms with Crippen molar-refractivity contribution in [2.24, 2.45) is 0 Å². The lowest BCUT2D eigenvalue weighted by atomic mass is 10.1. The van der Waals surface area contributed by atoms with Crippen molar-refractivity contribution in [1.82, 2.24) is 4.72 Å². The predicted molar refractivity (Wildman–Crippen MR) is 85.4 cm³/mol. The van der Waals surface area contributed by atoms with Gasteiger partial charge in [-0.3, -0.25) is 4.72 Å². The third-order valence-electron chi connectivity index (χ3n) is 4.51. The zero-order chi connectivity index (χ0) is 13.7. The van der Waals surface area contributed by atoms with Gasteiger partial charge in [0.15, 0.2) is 0 Å². The van der Waals surface area contributed by atoms with Crippen LogP contribution >= 0.6 is 10.2 Å². The van der Waals surface area contributed by atoms with Gasteiger partial charge < -0.3 is 0 Å². The Kier molecular flexibility index (Phi) is 3.48. The first-order chi connectivity index (χ1) is 8.18. The van der Waals surface area contributed by atoms with E-state index in [9.17, 15) is 0 Å². The van der Waals surface area contributed by atoms with E-state index in [0.717, 1.165) is 0 Å². The van der Waals surface area contributed by atoms with Crippen LogP contribution in [0.15, 0.2) is 22.3 Å². The zero-order valence-corrected chi connectivity index (χ0v) is 13.9. The van der Waals surface area contributed by atoms with E-state index in [1.807, 2.05) is 0 Å². The second kappa shape index (κ2) is 4.42. The first kappa shape index (κ1) is 14.2. The molecular formula is C16H29NS. The van der Waals surface area contributed by atoms with Crippen LogP contribution in [0, 0.1) is 0 Å². The minimum absolute atomic E-state index is 0.237. The molecule has 2 aliphatic rings. The summed E-state index contributed by atoms with van der Waals surface area (Å²) >= 11 is 0. The van der Waals surface area contributed by atoms with Gasteiger partial charge in [0.25, 0.3) is 0 Å². The average molecular weight is 267 g/mol. The molecule has 1 aliphatic carbocycles. The lowest BCUT2D eigenvalue weighted by Crippen LogP contribution is -2.49. The summed E-state index contributed by atoms with van der Waals surface area (Å²) in [5, 5.41) is 0.713. The first-order valence-electron chi connectivity index (χ1n) is 7.09. The minimum Gasteiger partial charge on any atom is -0.275 e. The third kappa shape index (κ3) is 2.18. The molecule has 1 aliphatic heterocycles. The van der Waals surface area contributed by atoms with Crippen molar-refractivity contribution < 1.29 is 0 Å². The van der Waals surface area contributed by atoms with Crippen molar-refractivity contribution in [1.29, 1.82) is 0 Å². The fourth-order valence-corrected chi connectivity index (χ4v) is 8.08. The molecule has 0 amide bonds. The Labute approximate surface area is 115 Å². The van der Waals surface area contributed by atoms with E-state index in [1.165, 1.54) is 17.9 Å². The van der Waals surface area contributed by atoms with Crippen LogP contribution in [0.5, 0.6) is 0 Å². The Morgan fingerprint density at radius 3 is 1.67 bits per heavy atom. The number of allylic oxidation sites excluding steroid dienone is 2. The average Bonchev–Trinajstić information content (AvgIpc) is 2.37. The maximum Gasteiger partial charge on any atom is 0.0429 e. The number of hydrogen-bond donors (Lipinski definition) is 1. The molecule has 0 bridgehead atoms. The van der Waals surface area contributed by atoms with Crippen molar-refractivity contribution in [2.45, 2.75) is 65.7 Å². The maximum absolute atomic E-state index is 4.03. The van der Waals surface area contributed by atoms with Gasteiger partial charge in [-0.05, 0) is 77.5 Å². The number of nitrogens with one attached hydrogen (secondary N) is 1. The second-order valence-corrected chi connectivity index (χ2v) is 10.4. The highest BCUT2D eigenvalue weighted by Crippen LogP contribution is 2.64. The van der Waals surface area contributed by atoms with Crippen LogP contribution in [0.2, 0.25) is 0 Å². The van der Waals surface area contributed by atoms with E-state index in [2.05, 4.69) is 53.2 Å². The Morgan fingerprint density at radius 2 is 1.39 bits per heavy atom. The number of rotatable bonds is 2. The normalized spacial score (nSPS) is 26.6. The molecule has 0 aromatic rings. The maximum atomic E-state index is 4.03. The topological polar surface area (TPSA) is 12.0 Å². The van der Waals surface area contributed by atoms with Gasteiger partial charge in [-0.15, -0.1) is 0 Å². The van der Waals surface area contributed by atoms with Crippen LogP contribution in [0.4, 0.5) is 0 Å². The molecule has 0 radical (unpaired) electrons. The summed E-state index contributed by atoms with van der Waals surface area (Å²) < 4.78 is 4.03. The highest BCUT2D eigenvalue weighted by molar-refractivity contribution is 8.34. The van der Waals surface area contributed by atoms with Gasteiger partial charge >= 0.3 is 0 Å². The SMILES string of the molecule is CC1=C(C)C(S2(NC(C)(C)C)CCC2)C(C)=C1C. The Balaban J connectivity index is 2.36. The molecule has 1 heterocycles. The first-order valence-corrected chi connectivity index (χ1v) is 9.13. The molecule has 1 fully saturated rings. The van der Waals surface area contributed by atoms with Crippen LogP contribution in [0.1, 0.15) is 54.9 Å². The van der Waals surface area contributed by atoms with E-state index in [4.69, 9.17) is 0 Å². The van der Waals surface area contributed by atoms with E-state index < -0.39 is 10.2 Å². The molecule has 1 saturated heterocycles. The smallest absolute Gasteiger partial charge is 0.0429 e. The Morgan fingerprint density at radius 1 is 0.944 bits per heavy atom. The summed E-state index contributed by atoms with van der Waals surface area (Å²) in [4.78, 5) is 0. The summed E-state index contributed by atoms with van der Waals surface area (Å²) in [6, 6.07) is 0. The zero-order valence-electron chi connectivity index (χ0n) is 13.1. The molecule has 0 atom stereocenters. The highest BCUT2D eigenvalue weighted by Gasteiger charge is 2.45. The van der Waals surface area contributed by atoms with Gasteiger partial charge in [0, 0.05) is 10.8 Å². The van der Waals surface area contributed by atoms with Crippen molar-refractivity contribution in [3.63, 3.8) is 0 Å². The molecule has 0 saturated carbocycles. The summed E-state index contributed by atoms with van der Waals surface area (Å²) in [5.41, 5.74) is 6.60.